The maximum Gasteiger partial charge on any atom is 0.503 e. The maximum atomic E-state index is 5.66. The van der Waals surface area contributed by atoms with E-state index >= 15 is 0 Å². The minimum Gasteiger partial charge on any atom is -0.377 e. The van der Waals surface area contributed by atoms with E-state index in [4.69, 9.17) is 29.6 Å². The Hall–Kier alpha value is 0.347. The molecule has 0 aliphatic rings. The van der Waals surface area contributed by atoms with Crippen LogP contribution >= 0.6 is 11.6 Å². The Balaban J connectivity index is 4.18. The summed E-state index contributed by atoms with van der Waals surface area (Å²) in [6, 6.07) is 0.582. The topological polar surface area (TPSA) is 36.9 Å². The molecule has 0 N–H and O–H groups in total. The molecule has 14 heavy (non-hydrogen) atoms. The van der Waals surface area contributed by atoms with Crippen LogP contribution in [0.2, 0.25) is 6.04 Å². The molecule has 4 nitrogen and oxygen atoms in total. The van der Waals surface area contributed by atoms with Crippen LogP contribution in [-0.4, -0.2) is 41.8 Å². The fraction of sp³-hybridized carbons (Fsp3) is 1.00. The van der Waals surface area contributed by atoms with Crippen molar-refractivity contribution in [3.63, 3.8) is 0 Å². The highest BCUT2D eigenvalue weighted by molar-refractivity contribution is 6.61. The lowest BCUT2D eigenvalue weighted by Crippen LogP contribution is -2.47. The molecule has 0 aliphatic heterocycles. The standard InChI is InChI=1S/C8H19ClO4Si/c1-5-12-8(2)13-14(10-3,11-4)7-6-9/h8H,5-7H2,1-4H3. The van der Waals surface area contributed by atoms with Crippen molar-refractivity contribution < 1.29 is 18.0 Å². The Morgan fingerprint density at radius 1 is 1.29 bits per heavy atom. The highest BCUT2D eigenvalue weighted by Crippen LogP contribution is 2.17. The van der Waals surface area contributed by atoms with E-state index in [0.29, 0.717) is 18.5 Å². The fourth-order valence-electron chi connectivity index (χ4n) is 1.08. The number of halogens is 1. The normalized spacial score (nSPS) is 14.4. The highest BCUT2D eigenvalue weighted by Gasteiger charge is 2.40. The number of hydrogen-bond donors (Lipinski definition) is 0. The summed E-state index contributed by atoms with van der Waals surface area (Å²) in [5.74, 6) is 0.451. The molecule has 0 spiro atoms. The van der Waals surface area contributed by atoms with Gasteiger partial charge >= 0.3 is 8.80 Å². The summed E-state index contributed by atoms with van der Waals surface area (Å²) in [4.78, 5) is 0. The molecule has 0 heterocycles. The number of hydrogen-bond acceptors (Lipinski definition) is 4. The lowest BCUT2D eigenvalue weighted by Gasteiger charge is -2.28. The minimum absolute atomic E-state index is 0.324. The minimum atomic E-state index is -2.60. The second-order valence-electron chi connectivity index (χ2n) is 2.67. The Labute approximate surface area is 91.8 Å². The molecule has 0 aromatic heterocycles. The molecule has 0 aromatic carbocycles. The zero-order valence-electron chi connectivity index (χ0n) is 9.21. The van der Waals surface area contributed by atoms with Crippen LogP contribution in [-0.2, 0) is 18.0 Å². The summed E-state index contributed by atoms with van der Waals surface area (Å²) in [7, 11) is 0.540. The quantitative estimate of drug-likeness (QED) is 0.370. The van der Waals surface area contributed by atoms with Crippen molar-refractivity contribution in [2.75, 3.05) is 26.7 Å². The second-order valence-corrected chi connectivity index (χ2v) is 5.97. The van der Waals surface area contributed by atoms with Gasteiger partial charge in [-0.15, -0.1) is 11.6 Å². The van der Waals surface area contributed by atoms with E-state index < -0.39 is 8.80 Å². The molecule has 6 heteroatoms. The molecule has 1 atom stereocenters. The van der Waals surface area contributed by atoms with Crippen molar-refractivity contribution in [2.45, 2.75) is 26.2 Å². The van der Waals surface area contributed by atoms with Crippen LogP contribution in [0.15, 0.2) is 0 Å². The van der Waals surface area contributed by atoms with Gasteiger partial charge in [0.25, 0.3) is 0 Å². The van der Waals surface area contributed by atoms with E-state index in [1.807, 2.05) is 13.8 Å². The van der Waals surface area contributed by atoms with Crippen LogP contribution in [0.25, 0.3) is 0 Å². The molecular formula is C8H19ClO4Si. The lowest BCUT2D eigenvalue weighted by atomic mass is 10.7. The zero-order valence-corrected chi connectivity index (χ0v) is 11.0. The molecule has 1 unspecified atom stereocenters. The Kier molecular flexibility index (Phi) is 7.80. The Morgan fingerprint density at radius 2 is 1.86 bits per heavy atom. The van der Waals surface area contributed by atoms with E-state index in [1.54, 1.807) is 14.2 Å². The van der Waals surface area contributed by atoms with Gasteiger partial charge in [0.15, 0.2) is 0 Å². The first-order chi connectivity index (χ1) is 6.64. The molecular weight excluding hydrogens is 224 g/mol. The number of alkyl halides is 1. The van der Waals surface area contributed by atoms with Gasteiger partial charge in [-0.05, 0) is 13.8 Å². The van der Waals surface area contributed by atoms with E-state index in [0.717, 1.165) is 0 Å². The van der Waals surface area contributed by atoms with Crippen molar-refractivity contribution in [3.8, 4) is 0 Å². The van der Waals surface area contributed by atoms with Gasteiger partial charge in [0, 0.05) is 32.8 Å². The van der Waals surface area contributed by atoms with Gasteiger partial charge in [0.2, 0.25) is 0 Å². The molecule has 0 fully saturated rings. The Morgan fingerprint density at radius 3 is 2.21 bits per heavy atom. The smallest absolute Gasteiger partial charge is 0.377 e. The van der Waals surface area contributed by atoms with Crippen LogP contribution in [0, 0.1) is 0 Å². The molecule has 0 rings (SSSR count). The van der Waals surface area contributed by atoms with Crippen LogP contribution < -0.4 is 0 Å². The first-order valence-corrected chi connectivity index (χ1v) is 7.06. The van der Waals surface area contributed by atoms with Crippen LogP contribution in [0.4, 0.5) is 0 Å². The predicted octanol–water partition coefficient (Wildman–Crippen LogP) is 1.86. The fourth-order valence-corrected chi connectivity index (χ4v) is 3.46. The van der Waals surface area contributed by atoms with Gasteiger partial charge in [-0.3, -0.25) is 0 Å². The lowest BCUT2D eigenvalue weighted by molar-refractivity contribution is -0.0991. The molecule has 0 aromatic rings. The second kappa shape index (κ2) is 7.61. The van der Waals surface area contributed by atoms with Gasteiger partial charge in [0.1, 0.15) is 6.29 Å². The van der Waals surface area contributed by atoms with Crippen molar-refractivity contribution in [2.24, 2.45) is 0 Å². The molecule has 0 saturated carbocycles. The average Bonchev–Trinajstić information content (AvgIpc) is 2.17. The summed E-state index contributed by atoms with van der Waals surface area (Å²) < 4.78 is 21.4. The summed E-state index contributed by atoms with van der Waals surface area (Å²) in [5, 5.41) is 0. The average molecular weight is 243 g/mol. The van der Waals surface area contributed by atoms with E-state index in [9.17, 15) is 0 Å². The van der Waals surface area contributed by atoms with Crippen molar-refractivity contribution >= 4 is 20.4 Å². The van der Waals surface area contributed by atoms with Crippen molar-refractivity contribution in [1.82, 2.24) is 0 Å². The van der Waals surface area contributed by atoms with Gasteiger partial charge in [-0.25, -0.2) is 0 Å². The molecule has 0 aliphatic carbocycles. The number of ether oxygens (including phenoxy) is 1. The van der Waals surface area contributed by atoms with Crippen LogP contribution in [0.5, 0.6) is 0 Å². The van der Waals surface area contributed by atoms with E-state index in [1.165, 1.54) is 0 Å². The largest absolute Gasteiger partial charge is 0.503 e. The van der Waals surface area contributed by atoms with Gasteiger partial charge in [-0.2, -0.15) is 0 Å². The van der Waals surface area contributed by atoms with Gasteiger partial charge in [-0.1, -0.05) is 0 Å². The highest BCUT2D eigenvalue weighted by atomic mass is 35.5. The Bertz CT molecular complexity index is 143. The van der Waals surface area contributed by atoms with Crippen molar-refractivity contribution in [1.29, 1.82) is 0 Å². The first-order valence-electron chi connectivity index (χ1n) is 4.59. The van der Waals surface area contributed by atoms with Crippen LogP contribution in [0.3, 0.4) is 0 Å². The molecule has 86 valence electrons. The van der Waals surface area contributed by atoms with Gasteiger partial charge < -0.3 is 18.0 Å². The third kappa shape index (κ3) is 4.72. The number of rotatable bonds is 8. The third-order valence-corrected chi connectivity index (χ3v) is 5.07. The summed E-state index contributed by atoms with van der Waals surface area (Å²) in [6.07, 6.45) is -0.324. The van der Waals surface area contributed by atoms with E-state index in [2.05, 4.69) is 0 Å². The molecule has 0 bridgehead atoms. The van der Waals surface area contributed by atoms with E-state index in [-0.39, 0.29) is 6.29 Å². The monoisotopic (exact) mass is 242 g/mol. The molecule has 0 saturated heterocycles. The van der Waals surface area contributed by atoms with Crippen molar-refractivity contribution in [3.05, 3.63) is 0 Å². The van der Waals surface area contributed by atoms with Gasteiger partial charge in [0.05, 0.1) is 0 Å². The maximum absolute atomic E-state index is 5.66. The SMILES string of the molecule is CCOC(C)O[Si](CCCl)(OC)OC. The molecule has 0 amide bonds. The summed E-state index contributed by atoms with van der Waals surface area (Å²) in [6.45, 7) is 4.32. The summed E-state index contributed by atoms with van der Waals surface area (Å²) in [5.41, 5.74) is 0. The van der Waals surface area contributed by atoms with Crippen LogP contribution in [0.1, 0.15) is 13.8 Å². The third-order valence-electron chi connectivity index (χ3n) is 1.77. The summed E-state index contributed by atoms with van der Waals surface area (Å²) >= 11 is 5.66. The zero-order chi connectivity index (χ0) is 11.0. The first kappa shape index (κ1) is 14.3. The molecule has 0 radical (unpaired) electrons. The predicted molar refractivity (Wildman–Crippen MR) is 57.5 cm³/mol.